The monoisotopic (exact) mass is 360 g/mol. The van der Waals surface area contributed by atoms with E-state index < -0.39 is 0 Å². The van der Waals surface area contributed by atoms with Crippen LogP contribution in [0.4, 0.5) is 17.3 Å². The summed E-state index contributed by atoms with van der Waals surface area (Å²) in [5, 5.41) is 7.31. The van der Waals surface area contributed by atoms with Crippen LogP contribution < -0.4 is 10.6 Å². The Hall–Kier alpha value is -1.04. The highest BCUT2D eigenvalue weighted by Gasteiger charge is 2.10. The van der Waals surface area contributed by atoms with Gasteiger partial charge in [0.1, 0.15) is 22.4 Å². The van der Waals surface area contributed by atoms with Crippen molar-refractivity contribution >= 4 is 56.5 Å². The third-order valence-corrected chi connectivity index (χ3v) is 4.00. The predicted molar refractivity (Wildman–Crippen MR) is 83.8 cm³/mol. The summed E-state index contributed by atoms with van der Waals surface area (Å²) in [6.07, 6.45) is 1.46. The fourth-order valence-corrected chi connectivity index (χ4v) is 2.43. The molecular weight excluding hydrogens is 351 g/mol. The summed E-state index contributed by atoms with van der Waals surface area (Å²) in [6.45, 7) is 1.90. The number of halogens is 3. The van der Waals surface area contributed by atoms with Gasteiger partial charge in [-0.25, -0.2) is 9.97 Å². The van der Waals surface area contributed by atoms with E-state index in [2.05, 4.69) is 36.5 Å². The first-order valence-corrected chi connectivity index (χ1v) is 6.98. The maximum Gasteiger partial charge on any atom is 0.150 e. The summed E-state index contributed by atoms with van der Waals surface area (Å²) in [6, 6.07) is 3.58. The molecule has 1 aromatic heterocycles. The molecule has 0 fully saturated rings. The van der Waals surface area contributed by atoms with Crippen molar-refractivity contribution in [2.75, 3.05) is 17.7 Å². The molecule has 0 aliphatic heterocycles. The summed E-state index contributed by atoms with van der Waals surface area (Å²) in [5.74, 6) is 1.30. The quantitative estimate of drug-likeness (QED) is 0.836. The van der Waals surface area contributed by atoms with Gasteiger partial charge in [0.2, 0.25) is 0 Å². The van der Waals surface area contributed by atoms with Crippen molar-refractivity contribution in [3.8, 4) is 0 Å². The van der Waals surface area contributed by atoms with Crippen LogP contribution in [0.15, 0.2) is 22.9 Å². The normalized spacial score (nSPS) is 10.4. The van der Waals surface area contributed by atoms with Crippen LogP contribution in [0.25, 0.3) is 0 Å². The van der Waals surface area contributed by atoms with Gasteiger partial charge in [-0.3, -0.25) is 0 Å². The lowest BCUT2D eigenvalue weighted by molar-refractivity contribution is 1.14. The number of hydrogen-bond acceptors (Lipinski definition) is 4. The van der Waals surface area contributed by atoms with Crippen LogP contribution in [-0.4, -0.2) is 17.0 Å². The first-order chi connectivity index (χ1) is 9.02. The third kappa shape index (κ3) is 3.11. The van der Waals surface area contributed by atoms with Crippen molar-refractivity contribution in [3.63, 3.8) is 0 Å². The molecule has 2 aromatic rings. The van der Waals surface area contributed by atoms with Crippen LogP contribution in [0.1, 0.15) is 5.56 Å². The number of nitrogens with zero attached hydrogens (tertiary/aromatic N) is 2. The van der Waals surface area contributed by atoms with E-state index in [9.17, 15) is 0 Å². The van der Waals surface area contributed by atoms with Crippen molar-refractivity contribution in [1.82, 2.24) is 9.97 Å². The van der Waals surface area contributed by atoms with Crippen LogP contribution in [0.3, 0.4) is 0 Å². The van der Waals surface area contributed by atoms with Crippen LogP contribution >= 0.6 is 39.1 Å². The zero-order valence-electron chi connectivity index (χ0n) is 10.3. The van der Waals surface area contributed by atoms with E-state index >= 15 is 0 Å². The van der Waals surface area contributed by atoms with Gasteiger partial charge in [0.05, 0.1) is 10.7 Å². The summed E-state index contributed by atoms with van der Waals surface area (Å²) in [4.78, 5) is 8.25. The van der Waals surface area contributed by atoms with Crippen LogP contribution in [0.2, 0.25) is 10.0 Å². The van der Waals surface area contributed by atoms with Crippen LogP contribution in [0, 0.1) is 6.92 Å². The highest BCUT2D eigenvalue weighted by Crippen LogP contribution is 2.34. The second-order valence-corrected chi connectivity index (χ2v) is 5.45. The predicted octanol–water partition coefficient (Wildman–Crippen LogP) is 4.64. The minimum absolute atomic E-state index is 0.582. The molecule has 2 rings (SSSR count). The lowest BCUT2D eigenvalue weighted by Gasteiger charge is -2.12. The SMILES string of the molecule is CNc1ncnc(Nc2cc(Cl)c(C)cc2Cl)c1Br. The summed E-state index contributed by atoms with van der Waals surface area (Å²) in [7, 11) is 1.78. The Morgan fingerprint density at radius 2 is 1.79 bits per heavy atom. The van der Waals surface area contributed by atoms with E-state index in [1.807, 2.05) is 6.92 Å². The standard InChI is InChI=1S/C12H11BrCl2N4/c1-6-3-8(15)9(4-7(6)14)19-12-10(13)11(16-2)17-5-18-12/h3-5H,1-2H3,(H2,16,17,18,19). The average molecular weight is 362 g/mol. The maximum absolute atomic E-state index is 6.18. The van der Waals surface area contributed by atoms with Gasteiger partial charge in [0.25, 0.3) is 0 Å². The lowest BCUT2D eigenvalue weighted by Crippen LogP contribution is -2.01. The lowest BCUT2D eigenvalue weighted by atomic mass is 10.2. The van der Waals surface area contributed by atoms with Crippen molar-refractivity contribution in [2.24, 2.45) is 0 Å². The second kappa shape index (κ2) is 5.94. The zero-order chi connectivity index (χ0) is 14.0. The first kappa shape index (κ1) is 14.4. The average Bonchev–Trinajstić information content (AvgIpc) is 2.38. The molecule has 0 radical (unpaired) electrons. The molecule has 1 heterocycles. The third-order valence-electron chi connectivity index (χ3n) is 2.53. The zero-order valence-corrected chi connectivity index (χ0v) is 13.4. The molecule has 0 unspecified atom stereocenters. The molecule has 0 amide bonds. The molecule has 0 bridgehead atoms. The molecule has 0 aliphatic rings. The molecule has 0 atom stereocenters. The molecule has 19 heavy (non-hydrogen) atoms. The van der Waals surface area contributed by atoms with Crippen molar-refractivity contribution in [3.05, 3.63) is 38.5 Å². The summed E-state index contributed by atoms with van der Waals surface area (Å²) >= 11 is 15.7. The Bertz CT molecular complexity index is 619. The minimum atomic E-state index is 0.582. The topological polar surface area (TPSA) is 49.8 Å². The number of aromatic nitrogens is 2. The molecule has 0 spiro atoms. The van der Waals surface area contributed by atoms with Crippen molar-refractivity contribution < 1.29 is 0 Å². The Labute approximate surface area is 129 Å². The Kier molecular flexibility index (Phi) is 4.50. The fraction of sp³-hybridized carbons (Fsp3) is 0.167. The maximum atomic E-state index is 6.18. The van der Waals surface area contributed by atoms with Gasteiger partial charge in [-0.2, -0.15) is 0 Å². The second-order valence-electron chi connectivity index (χ2n) is 3.84. The summed E-state index contributed by atoms with van der Waals surface area (Å²) < 4.78 is 0.727. The van der Waals surface area contributed by atoms with E-state index in [4.69, 9.17) is 23.2 Å². The van der Waals surface area contributed by atoms with Gasteiger partial charge >= 0.3 is 0 Å². The minimum Gasteiger partial charge on any atom is -0.372 e. The van der Waals surface area contributed by atoms with Gasteiger partial charge in [-0.15, -0.1) is 0 Å². The Morgan fingerprint density at radius 1 is 1.11 bits per heavy atom. The van der Waals surface area contributed by atoms with Crippen molar-refractivity contribution in [2.45, 2.75) is 6.92 Å². The molecule has 1 aromatic carbocycles. The van der Waals surface area contributed by atoms with Gasteiger partial charge in [0.15, 0.2) is 0 Å². The number of benzene rings is 1. The van der Waals surface area contributed by atoms with E-state index in [0.29, 0.717) is 27.4 Å². The molecule has 7 heteroatoms. The molecule has 2 N–H and O–H groups in total. The molecule has 0 saturated carbocycles. The van der Waals surface area contributed by atoms with Gasteiger partial charge in [-0.05, 0) is 40.5 Å². The number of aryl methyl sites for hydroxylation is 1. The Balaban J connectivity index is 2.39. The number of hydrogen-bond donors (Lipinski definition) is 2. The van der Waals surface area contributed by atoms with E-state index in [-0.39, 0.29) is 0 Å². The van der Waals surface area contributed by atoms with E-state index in [1.54, 1.807) is 19.2 Å². The van der Waals surface area contributed by atoms with Crippen molar-refractivity contribution in [1.29, 1.82) is 0 Å². The molecule has 0 saturated heterocycles. The van der Waals surface area contributed by atoms with Gasteiger partial charge < -0.3 is 10.6 Å². The largest absolute Gasteiger partial charge is 0.372 e. The first-order valence-electron chi connectivity index (χ1n) is 5.44. The van der Waals surface area contributed by atoms with Crippen LogP contribution in [-0.2, 0) is 0 Å². The fourth-order valence-electron chi connectivity index (χ4n) is 1.50. The summed E-state index contributed by atoms with van der Waals surface area (Å²) in [5.41, 5.74) is 1.62. The molecule has 100 valence electrons. The highest BCUT2D eigenvalue weighted by molar-refractivity contribution is 9.10. The van der Waals surface area contributed by atoms with E-state index in [1.165, 1.54) is 6.33 Å². The van der Waals surface area contributed by atoms with Crippen LogP contribution in [0.5, 0.6) is 0 Å². The number of anilines is 3. The van der Waals surface area contributed by atoms with Gasteiger partial charge in [0, 0.05) is 12.1 Å². The van der Waals surface area contributed by atoms with Gasteiger partial charge in [-0.1, -0.05) is 23.2 Å². The Morgan fingerprint density at radius 3 is 2.47 bits per heavy atom. The highest BCUT2D eigenvalue weighted by atomic mass is 79.9. The molecular formula is C12H11BrCl2N4. The number of nitrogens with one attached hydrogen (secondary N) is 2. The molecule has 4 nitrogen and oxygen atoms in total. The smallest absolute Gasteiger partial charge is 0.150 e. The molecule has 0 aliphatic carbocycles. The number of rotatable bonds is 3. The van der Waals surface area contributed by atoms with E-state index in [0.717, 1.165) is 10.0 Å².